The average molecular weight is 273 g/mol. The van der Waals surface area contributed by atoms with Crippen LogP contribution < -0.4 is 10.1 Å². The van der Waals surface area contributed by atoms with Gasteiger partial charge in [0.05, 0.1) is 12.9 Å². The first kappa shape index (κ1) is 14.6. The fourth-order valence-corrected chi connectivity index (χ4v) is 2.02. The van der Waals surface area contributed by atoms with E-state index in [4.69, 9.17) is 4.74 Å². The molecule has 0 saturated heterocycles. The molecule has 2 rings (SSSR count). The number of hydrogen-bond donors (Lipinski definition) is 1. The summed E-state index contributed by atoms with van der Waals surface area (Å²) in [6.07, 6.45) is 6.66. The third kappa shape index (κ3) is 4.38. The van der Waals surface area contributed by atoms with Crippen LogP contribution in [0.4, 0.5) is 0 Å². The molecule has 0 radical (unpaired) electrons. The van der Waals surface area contributed by atoms with Crippen molar-refractivity contribution in [3.05, 3.63) is 48.5 Å². The minimum absolute atomic E-state index is 0.332. The lowest BCUT2D eigenvalue weighted by molar-refractivity contribution is 0.317. The van der Waals surface area contributed by atoms with E-state index in [0.717, 1.165) is 31.9 Å². The highest BCUT2D eigenvalue weighted by molar-refractivity contribution is 5.28. The predicted octanol–water partition coefficient (Wildman–Crippen LogP) is 3.02. The van der Waals surface area contributed by atoms with Crippen LogP contribution in [-0.4, -0.2) is 22.7 Å². The second-order valence-corrected chi connectivity index (χ2v) is 4.89. The summed E-state index contributed by atoms with van der Waals surface area (Å²) in [5.41, 5.74) is 1.28. The zero-order chi connectivity index (χ0) is 14.2. The van der Waals surface area contributed by atoms with Gasteiger partial charge in [-0.1, -0.05) is 19.1 Å². The average Bonchev–Trinajstić information content (AvgIpc) is 2.99. The molecule has 0 aliphatic carbocycles. The zero-order valence-corrected chi connectivity index (χ0v) is 12.2. The highest BCUT2D eigenvalue weighted by atomic mass is 16.5. The molecule has 1 heterocycles. The fourth-order valence-electron chi connectivity index (χ4n) is 2.02. The van der Waals surface area contributed by atoms with Crippen LogP contribution in [0.1, 0.15) is 31.9 Å². The fraction of sp³-hybridized carbons (Fsp3) is 0.438. The highest BCUT2D eigenvalue weighted by Crippen LogP contribution is 2.17. The molecule has 1 N–H and O–H groups in total. The van der Waals surface area contributed by atoms with E-state index in [1.807, 2.05) is 24.7 Å². The van der Waals surface area contributed by atoms with Crippen molar-refractivity contribution in [2.24, 2.45) is 0 Å². The van der Waals surface area contributed by atoms with Gasteiger partial charge in [0.15, 0.2) is 0 Å². The second-order valence-electron chi connectivity index (χ2n) is 4.89. The lowest BCUT2D eigenvalue weighted by Crippen LogP contribution is -2.22. The van der Waals surface area contributed by atoms with Crippen LogP contribution in [0.25, 0.3) is 0 Å². The standard InChI is InChI=1S/C16H23N3O/c1-3-12-20-16-6-4-15(5-7-16)14(2)18-9-11-19-10-8-17-13-19/h4-8,10,13-14,18H,3,9,11-12H2,1-2H3. The number of imidazole rings is 1. The van der Waals surface area contributed by atoms with E-state index in [2.05, 4.69) is 40.8 Å². The molecule has 1 atom stereocenters. The molecule has 0 aliphatic rings. The molecule has 1 aromatic carbocycles. The Morgan fingerprint density at radius 1 is 1.30 bits per heavy atom. The molecule has 2 aromatic rings. The molecule has 0 bridgehead atoms. The molecule has 4 heteroatoms. The van der Waals surface area contributed by atoms with Gasteiger partial charge in [-0.3, -0.25) is 0 Å². The quantitative estimate of drug-likeness (QED) is 0.803. The maximum atomic E-state index is 5.59. The third-order valence-corrected chi connectivity index (χ3v) is 3.23. The van der Waals surface area contributed by atoms with Gasteiger partial charge in [0.25, 0.3) is 0 Å². The van der Waals surface area contributed by atoms with E-state index < -0.39 is 0 Å². The van der Waals surface area contributed by atoms with Gasteiger partial charge in [0, 0.05) is 31.5 Å². The first-order valence-electron chi connectivity index (χ1n) is 7.21. The number of hydrogen-bond acceptors (Lipinski definition) is 3. The lowest BCUT2D eigenvalue weighted by atomic mass is 10.1. The summed E-state index contributed by atoms with van der Waals surface area (Å²) in [5.74, 6) is 0.946. The minimum Gasteiger partial charge on any atom is -0.494 e. The first-order chi connectivity index (χ1) is 9.79. The molecule has 0 fully saturated rings. The number of nitrogens with one attached hydrogen (secondary N) is 1. The van der Waals surface area contributed by atoms with Crippen molar-refractivity contribution in [3.63, 3.8) is 0 Å². The minimum atomic E-state index is 0.332. The Balaban J connectivity index is 1.78. The summed E-state index contributed by atoms with van der Waals surface area (Å²) < 4.78 is 7.66. The van der Waals surface area contributed by atoms with Crippen molar-refractivity contribution in [2.75, 3.05) is 13.2 Å². The lowest BCUT2D eigenvalue weighted by Gasteiger charge is -2.15. The normalized spacial score (nSPS) is 12.3. The maximum Gasteiger partial charge on any atom is 0.119 e. The van der Waals surface area contributed by atoms with Gasteiger partial charge >= 0.3 is 0 Å². The molecule has 0 spiro atoms. The smallest absolute Gasteiger partial charge is 0.119 e. The van der Waals surface area contributed by atoms with Crippen molar-refractivity contribution >= 4 is 0 Å². The molecule has 4 nitrogen and oxygen atoms in total. The van der Waals surface area contributed by atoms with Gasteiger partial charge in [0.1, 0.15) is 5.75 Å². The summed E-state index contributed by atoms with van der Waals surface area (Å²) in [7, 11) is 0. The van der Waals surface area contributed by atoms with E-state index in [9.17, 15) is 0 Å². The Kier molecular flexibility index (Phi) is 5.62. The number of aromatic nitrogens is 2. The van der Waals surface area contributed by atoms with Crippen molar-refractivity contribution in [2.45, 2.75) is 32.9 Å². The monoisotopic (exact) mass is 273 g/mol. The molecule has 0 aliphatic heterocycles. The van der Waals surface area contributed by atoms with Crippen molar-refractivity contribution < 1.29 is 4.74 Å². The van der Waals surface area contributed by atoms with Crippen LogP contribution in [0.2, 0.25) is 0 Å². The predicted molar refractivity (Wildman–Crippen MR) is 80.9 cm³/mol. The summed E-state index contributed by atoms with van der Waals surface area (Å²) in [6, 6.07) is 8.66. The molecule has 0 amide bonds. The van der Waals surface area contributed by atoms with Gasteiger partial charge in [-0.25, -0.2) is 4.98 Å². The highest BCUT2D eigenvalue weighted by Gasteiger charge is 2.04. The number of nitrogens with zero attached hydrogens (tertiary/aromatic N) is 2. The summed E-state index contributed by atoms with van der Waals surface area (Å²) >= 11 is 0. The van der Waals surface area contributed by atoms with E-state index in [-0.39, 0.29) is 0 Å². The Morgan fingerprint density at radius 3 is 2.75 bits per heavy atom. The van der Waals surface area contributed by atoms with Crippen LogP contribution in [0.5, 0.6) is 5.75 Å². The summed E-state index contributed by atoms with van der Waals surface area (Å²) in [5, 5.41) is 3.51. The molecule has 0 saturated carbocycles. The van der Waals surface area contributed by atoms with E-state index in [1.54, 1.807) is 6.20 Å². The van der Waals surface area contributed by atoms with Crippen LogP contribution in [0.3, 0.4) is 0 Å². The molecule has 1 unspecified atom stereocenters. The summed E-state index contributed by atoms with van der Waals surface area (Å²) in [6.45, 7) is 6.92. The summed E-state index contributed by atoms with van der Waals surface area (Å²) in [4.78, 5) is 4.03. The van der Waals surface area contributed by atoms with Crippen molar-refractivity contribution in [1.82, 2.24) is 14.9 Å². The largest absolute Gasteiger partial charge is 0.494 e. The zero-order valence-electron chi connectivity index (χ0n) is 12.2. The van der Waals surface area contributed by atoms with Crippen LogP contribution in [0, 0.1) is 0 Å². The van der Waals surface area contributed by atoms with Crippen LogP contribution in [0.15, 0.2) is 43.0 Å². The van der Waals surface area contributed by atoms with Gasteiger partial charge in [0.2, 0.25) is 0 Å². The number of benzene rings is 1. The Morgan fingerprint density at radius 2 is 2.10 bits per heavy atom. The van der Waals surface area contributed by atoms with Crippen LogP contribution >= 0.6 is 0 Å². The van der Waals surface area contributed by atoms with Crippen LogP contribution in [-0.2, 0) is 6.54 Å². The van der Waals surface area contributed by atoms with E-state index in [0.29, 0.717) is 6.04 Å². The number of ether oxygens (including phenoxy) is 1. The third-order valence-electron chi connectivity index (χ3n) is 3.23. The number of rotatable bonds is 8. The SMILES string of the molecule is CCCOc1ccc(C(C)NCCn2ccnc2)cc1. The topological polar surface area (TPSA) is 39.1 Å². The van der Waals surface area contributed by atoms with E-state index in [1.165, 1.54) is 5.56 Å². The van der Waals surface area contributed by atoms with Gasteiger partial charge in [-0.15, -0.1) is 0 Å². The van der Waals surface area contributed by atoms with Crippen molar-refractivity contribution in [3.8, 4) is 5.75 Å². The van der Waals surface area contributed by atoms with E-state index >= 15 is 0 Å². The molecular formula is C16H23N3O. The van der Waals surface area contributed by atoms with Gasteiger partial charge < -0.3 is 14.6 Å². The Labute approximate surface area is 120 Å². The molecule has 20 heavy (non-hydrogen) atoms. The second kappa shape index (κ2) is 7.70. The Hall–Kier alpha value is -1.81. The van der Waals surface area contributed by atoms with Gasteiger partial charge in [-0.2, -0.15) is 0 Å². The van der Waals surface area contributed by atoms with Crippen molar-refractivity contribution in [1.29, 1.82) is 0 Å². The molecular weight excluding hydrogens is 250 g/mol. The first-order valence-corrected chi connectivity index (χ1v) is 7.21. The molecule has 1 aromatic heterocycles. The van der Waals surface area contributed by atoms with Gasteiger partial charge in [-0.05, 0) is 31.0 Å². The Bertz CT molecular complexity index is 479. The molecule has 108 valence electrons. The maximum absolute atomic E-state index is 5.59.